The summed E-state index contributed by atoms with van der Waals surface area (Å²) in [5, 5.41) is 7.44. The molecule has 122 valence electrons. The van der Waals surface area contributed by atoms with Gasteiger partial charge in [0.05, 0.1) is 6.54 Å². The molecule has 3 aromatic rings. The Kier molecular flexibility index (Phi) is 3.41. The maximum Gasteiger partial charge on any atom is 0.245 e. The largest absolute Gasteiger partial charge is 0.376 e. The molecule has 0 unspecified atom stereocenters. The van der Waals surface area contributed by atoms with E-state index in [4.69, 9.17) is 4.52 Å². The highest BCUT2D eigenvalue weighted by molar-refractivity contribution is 5.78. The van der Waals surface area contributed by atoms with Crippen molar-refractivity contribution in [1.29, 1.82) is 0 Å². The smallest absolute Gasteiger partial charge is 0.245 e. The molecule has 0 bridgehead atoms. The molecule has 1 N–H and O–H groups in total. The van der Waals surface area contributed by atoms with Crippen molar-refractivity contribution in [2.75, 3.05) is 5.32 Å². The van der Waals surface area contributed by atoms with Crippen LogP contribution in [0.4, 0.5) is 5.69 Å². The lowest BCUT2D eigenvalue weighted by Crippen LogP contribution is -2.13. The fourth-order valence-electron chi connectivity index (χ4n) is 3.06. The average molecular weight is 319 g/mol. The summed E-state index contributed by atoms with van der Waals surface area (Å²) >= 11 is 0. The molecule has 1 aromatic heterocycles. The second-order valence-electron chi connectivity index (χ2n) is 7.32. The standard InChI is InChI=1S/C20H21N3O/c1-20(2,3)19-22-18(24-23-19)12-21-15-8-9-17-14(11-15)10-13-6-4-5-7-16(13)17/h4-9,11,21H,10,12H2,1-3H3. The third kappa shape index (κ3) is 2.68. The van der Waals surface area contributed by atoms with Crippen molar-refractivity contribution in [2.24, 2.45) is 0 Å². The van der Waals surface area contributed by atoms with E-state index < -0.39 is 0 Å². The van der Waals surface area contributed by atoms with Crippen LogP contribution in [0, 0.1) is 0 Å². The summed E-state index contributed by atoms with van der Waals surface area (Å²) in [4.78, 5) is 4.46. The minimum atomic E-state index is -0.0961. The Morgan fingerprint density at radius 1 is 1.04 bits per heavy atom. The average Bonchev–Trinajstić information content (AvgIpc) is 3.16. The summed E-state index contributed by atoms with van der Waals surface area (Å²) < 4.78 is 5.33. The summed E-state index contributed by atoms with van der Waals surface area (Å²) in [5.74, 6) is 1.35. The SMILES string of the molecule is CC(C)(C)c1noc(CNc2ccc3c(c2)Cc2ccccc2-3)n1. The maximum absolute atomic E-state index is 5.33. The first-order valence-electron chi connectivity index (χ1n) is 8.29. The van der Waals surface area contributed by atoms with Crippen molar-refractivity contribution < 1.29 is 4.52 Å². The van der Waals surface area contributed by atoms with Gasteiger partial charge in [-0.3, -0.25) is 0 Å². The molecule has 0 aliphatic heterocycles. The summed E-state index contributed by atoms with van der Waals surface area (Å²) in [5.41, 5.74) is 6.44. The van der Waals surface area contributed by atoms with Gasteiger partial charge in [0.2, 0.25) is 5.89 Å². The Labute approximate surface area is 141 Å². The number of aromatic nitrogens is 2. The first-order valence-corrected chi connectivity index (χ1v) is 8.29. The van der Waals surface area contributed by atoms with Crippen molar-refractivity contribution in [3.63, 3.8) is 0 Å². The van der Waals surface area contributed by atoms with E-state index in [-0.39, 0.29) is 5.41 Å². The number of anilines is 1. The van der Waals surface area contributed by atoms with E-state index in [0.717, 1.165) is 17.9 Å². The van der Waals surface area contributed by atoms with Gasteiger partial charge in [0.15, 0.2) is 5.82 Å². The van der Waals surface area contributed by atoms with Crippen LogP contribution in [0.1, 0.15) is 43.6 Å². The van der Waals surface area contributed by atoms with Gasteiger partial charge in [0.1, 0.15) is 0 Å². The van der Waals surface area contributed by atoms with E-state index in [1.807, 2.05) is 0 Å². The summed E-state index contributed by atoms with van der Waals surface area (Å²) in [6.07, 6.45) is 0.996. The van der Waals surface area contributed by atoms with Crippen molar-refractivity contribution in [3.8, 4) is 11.1 Å². The molecule has 0 radical (unpaired) electrons. The Morgan fingerprint density at radius 3 is 2.62 bits per heavy atom. The molecular weight excluding hydrogens is 298 g/mol. The lowest BCUT2D eigenvalue weighted by Gasteiger charge is -2.11. The third-order valence-electron chi connectivity index (χ3n) is 4.38. The molecule has 24 heavy (non-hydrogen) atoms. The number of fused-ring (bicyclic) bond motifs is 3. The minimum Gasteiger partial charge on any atom is -0.376 e. The molecule has 0 amide bonds. The normalized spacial score (nSPS) is 12.8. The number of nitrogens with zero attached hydrogens (tertiary/aromatic N) is 2. The van der Waals surface area contributed by atoms with Crippen molar-refractivity contribution in [1.82, 2.24) is 10.1 Å². The predicted molar refractivity (Wildman–Crippen MR) is 95.0 cm³/mol. The minimum absolute atomic E-state index is 0.0961. The topological polar surface area (TPSA) is 51.0 Å². The zero-order valence-corrected chi connectivity index (χ0v) is 14.3. The van der Waals surface area contributed by atoms with Gasteiger partial charge in [-0.05, 0) is 40.8 Å². The predicted octanol–water partition coefficient (Wildman–Crippen LogP) is 4.55. The zero-order valence-electron chi connectivity index (χ0n) is 14.3. The summed E-state index contributed by atoms with van der Waals surface area (Å²) in [6, 6.07) is 15.1. The van der Waals surface area contributed by atoms with Crippen LogP contribution in [0.3, 0.4) is 0 Å². The molecule has 0 saturated heterocycles. The van der Waals surface area contributed by atoms with Gasteiger partial charge in [-0.1, -0.05) is 56.3 Å². The van der Waals surface area contributed by atoms with Crippen LogP contribution < -0.4 is 5.32 Å². The number of benzene rings is 2. The third-order valence-corrected chi connectivity index (χ3v) is 4.38. The number of nitrogens with one attached hydrogen (secondary N) is 1. The van der Waals surface area contributed by atoms with Crippen LogP contribution in [-0.2, 0) is 18.4 Å². The van der Waals surface area contributed by atoms with Crippen molar-refractivity contribution in [2.45, 2.75) is 39.2 Å². The molecule has 1 aliphatic rings. The lowest BCUT2D eigenvalue weighted by atomic mass is 9.96. The van der Waals surface area contributed by atoms with Crippen LogP contribution >= 0.6 is 0 Å². The molecular formula is C20H21N3O. The van der Waals surface area contributed by atoms with Gasteiger partial charge in [-0.15, -0.1) is 0 Å². The highest BCUT2D eigenvalue weighted by atomic mass is 16.5. The van der Waals surface area contributed by atoms with Crippen LogP contribution in [0.5, 0.6) is 0 Å². The van der Waals surface area contributed by atoms with E-state index >= 15 is 0 Å². The quantitative estimate of drug-likeness (QED) is 0.602. The fourth-order valence-corrected chi connectivity index (χ4v) is 3.06. The lowest BCUT2D eigenvalue weighted by molar-refractivity contribution is 0.367. The molecule has 1 heterocycles. The van der Waals surface area contributed by atoms with Crippen molar-refractivity contribution >= 4 is 5.69 Å². The summed E-state index contributed by atoms with van der Waals surface area (Å²) in [6.45, 7) is 6.77. The van der Waals surface area contributed by atoms with Gasteiger partial charge in [-0.25, -0.2) is 0 Å². The fraction of sp³-hybridized carbons (Fsp3) is 0.300. The Bertz CT molecular complexity index is 890. The Morgan fingerprint density at radius 2 is 1.83 bits per heavy atom. The monoisotopic (exact) mass is 319 g/mol. The molecule has 0 spiro atoms. The number of hydrogen-bond donors (Lipinski definition) is 1. The highest BCUT2D eigenvalue weighted by Gasteiger charge is 2.21. The first-order chi connectivity index (χ1) is 11.5. The first kappa shape index (κ1) is 14.9. The molecule has 0 atom stereocenters. The zero-order chi connectivity index (χ0) is 16.7. The van der Waals surface area contributed by atoms with Crippen LogP contribution in [0.2, 0.25) is 0 Å². The molecule has 2 aromatic carbocycles. The van der Waals surface area contributed by atoms with Crippen LogP contribution in [0.25, 0.3) is 11.1 Å². The molecule has 4 heteroatoms. The Hall–Kier alpha value is -2.62. The van der Waals surface area contributed by atoms with E-state index in [1.54, 1.807) is 0 Å². The van der Waals surface area contributed by atoms with E-state index in [9.17, 15) is 0 Å². The van der Waals surface area contributed by atoms with Gasteiger partial charge < -0.3 is 9.84 Å². The second kappa shape index (κ2) is 5.48. The highest BCUT2D eigenvalue weighted by Crippen LogP contribution is 2.37. The molecule has 0 fully saturated rings. The van der Waals surface area contributed by atoms with Crippen molar-refractivity contribution in [3.05, 3.63) is 65.3 Å². The van der Waals surface area contributed by atoms with Gasteiger partial charge in [0, 0.05) is 11.1 Å². The van der Waals surface area contributed by atoms with E-state index in [2.05, 4.69) is 78.7 Å². The molecule has 4 nitrogen and oxygen atoms in total. The van der Waals surface area contributed by atoms with Gasteiger partial charge in [0.25, 0.3) is 0 Å². The Balaban J connectivity index is 1.49. The number of rotatable bonds is 3. The van der Waals surface area contributed by atoms with Crippen LogP contribution in [0.15, 0.2) is 47.0 Å². The maximum atomic E-state index is 5.33. The molecule has 0 saturated carbocycles. The summed E-state index contributed by atoms with van der Waals surface area (Å²) in [7, 11) is 0. The van der Waals surface area contributed by atoms with E-state index in [0.29, 0.717) is 12.4 Å². The van der Waals surface area contributed by atoms with E-state index in [1.165, 1.54) is 22.3 Å². The second-order valence-corrected chi connectivity index (χ2v) is 7.32. The van der Waals surface area contributed by atoms with Crippen LogP contribution in [-0.4, -0.2) is 10.1 Å². The van der Waals surface area contributed by atoms with Gasteiger partial charge >= 0.3 is 0 Å². The number of hydrogen-bond acceptors (Lipinski definition) is 4. The molecule has 4 rings (SSSR count). The molecule has 1 aliphatic carbocycles. The van der Waals surface area contributed by atoms with Gasteiger partial charge in [-0.2, -0.15) is 4.98 Å².